The number of pyridine rings is 1. The maximum Gasteiger partial charge on any atom is 0.318 e. The van der Waals surface area contributed by atoms with Gasteiger partial charge in [0.25, 0.3) is 5.56 Å². The summed E-state index contributed by atoms with van der Waals surface area (Å²) in [5, 5.41) is 2.92. The summed E-state index contributed by atoms with van der Waals surface area (Å²) in [5.74, 6) is 0. The highest BCUT2D eigenvalue weighted by Crippen LogP contribution is 2.32. The molecule has 132 valence electrons. The van der Waals surface area contributed by atoms with E-state index >= 15 is 0 Å². The van der Waals surface area contributed by atoms with Crippen LogP contribution in [0.25, 0.3) is 0 Å². The van der Waals surface area contributed by atoms with Gasteiger partial charge in [-0.05, 0) is 50.8 Å². The van der Waals surface area contributed by atoms with E-state index in [1.54, 1.807) is 0 Å². The summed E-state index contributed by atoms with van der Waals surface area (Å²) in [6.07, 6.45) is 1.97. The van der Waals surface area contributed by atoms with Crippen LogP contribution in [0.4, 0.5) is 4.79 Å². The van der Waals surface area contributed by atoms with E-state index in [2.05, 4.69) is 35.4 Å². The lowest BCUT2D eigenvalue weighted by Gasteiger charge is -2.25. The number of carbonyl (C=O) groups is 1. The topological polar surface area (TPSA) is 65.2 Å². The van der Waals surface area contributed by atoms with Crippen LogP contribution in [0, 0.1) is 20.8 Å². The summed E-state index contributed by atoms with van der Waals surface area (Å²) in [6.45, 7) is 6.81. The van der Waals surface area contributed by atoms with Gasteiger partial charge in [-0.3, -0.25) is 4.79 Å². The second-order valence-electron chi connectivity index (χ2n) is 6.87. The zero-order valence-electron chi connectivity index (χ0n) is 15.1. The van der Waals surface area contributed by atoms with Crippen LogP contribution in [0.3, 0.4) is 0 Å². The molecule has 2 amide bonds. The lowest BCUT2D eigenvalue weighted by atomic mass is 10.0. The zero-order chi connectivity index (χ0) is 18.0. The number of urea groups is 1. The van der Waals surface area contributed by atoms with E-state index in [4.69, 9.17) is 0 Å². The number of amides is 2. The molecular weight excluding hydrogens is 314 g/mol. The Morgan fingerprint density at radius 2 is 2.08 bits per heavy atom. The van der Waals surface area contributed by atoms with Crippen molar-refractivity contribution in [3.05, 3.63) is 68.6 Å². The maximum absolute atomic E-state index is 12.7. The molecule has 0 spiro atoms. The molecule has 5 heteroatoms. The lowest BCUT2D eigenvalue weighted by Crippen LogP contribution is -2.40. The minimum absolute atomic E-state index is 0.108. The Balaban J connectivity index is 1.72. The van der Waals surface area contributed by atoms with Crippen LogP contribution in [-0.4, -0.2) is 22.5 Å². The molecule has 2 heterocycles. The molecule has 0 aliphatic carbocycles. The Morgan fingerprint density at radius 1 is 1.28 bits per heavy atom. The number of aromatic amines is 1. The lowest BCUT2D eigenvalue weighted by molar-refractivity contribution is 0.192. The van der Waals surface area contributed by atoms with Gasteiger partial charge < -0.3 is 15.2 Å². The smallest absolute Gasteiger partial charge is 0.318 e. The first-order chi connectivity index (χ1) is 12.0. The third kappa shape index (κ3) is 3.76. The molecule has 0 unspecified atom stereocenters. The van der Waals surface area contributed by atoms with Crippen LogP contribution in [0.15, 0.2) is 35.1 Å². The largest absolute Gasteiger partial charge is 0.334 e. The van der Waals surface area contributed by atoms with Crippen molar-refractivity contribution in [2.24, 2.45) is 0 Å². The number of nitrogens with zero attached hydrogens (tertiary/aromatic N) is 1. The van der Waals surface area contributed by atoms with Crippen LogP contribution < -0.4 is 10.9 Å². The van der Waals surface area contributed by atoms with E-state index < -0.39 is 0 Å². The van der Waals surface area contributed by atoms with Crippen LogP contribution in [-0.2, 0) is 6.54 Å². The zero-order valence-corrected chi connectivity index (χ0v) is 15.1. The molecule has 0 radical (unpaired) electrons. The summed E-state index contributed by atoms with van der Waals surface area (Å²) >= 11 is 0. The van der Waals surface area contributed by atoms with Crippen molar-refractivity contribution in [1.29, 1.82) is 0 Å². The number of H-pyrrole nitrogens is 1. The van der Waals surface area contributed by atoms with Gasteiger partial charge in [-0.2, -0.15) is 0 Å². The molecule has 1 aliphatic heterocycles. The van der Waals surface area contributed by atoms with E-state index in [1.165, 1.54) is 11.1 Å². The molecule has 1 aromatic heterocycles. The van der Waals surface area contributed by atoms with Gasteiger partial charge in [-0.15, -0.1) is 0 Å². The average Bonchev–Trinajstić information content (AvgIpc) is 3.03. The van der Waals surface area contributed by atoms with Crippen molar-refractivity contribution in [2.45, 2.75) is 46.2 Å². The number of hydrogen-bond donors (Lipinski definition) is 2. The van der Waals surface area contributed by atoms with Gasteiger partial charge in [0.1, 0.15) is 0 Å². The second-order valence-corrected chi connectivity index (χ2v) is 6.87. The molecular formula is C20H25N3O2. The molecule has 1 saturated heterocycles. The first-order valence-corrected chi connectivity index (χ1v) is 8.76. The Labute approximate surface area is 148 Å². The predicted molar refractivity (Wildman–Crippen MR) is 98.6 cm³/mol. The molecule has 5 nitrogen and oxygen atoms in total. The van der Waals surface area contributed by atoms with Gasteiger partial charge in [-0.1, -0.05) is 29.8 Å². The van der Waals surface area contributed by atoms with Crippen molar-refractivity contribution in [2.75, 3.05) is 6.54 Å². The highest BCUT2D eigenvalue weighted by molar-refractivity contribution is 5.75. The molecule has 1 aromatic carbocycles. The van der Waals surface area contributed by atoms with Gasteiger partial charge in [0.15, 0.2) is 0 Å². The summed E-state index contributed by atoms with van der Waals surface area (Å²) in [4.78, 5) is 29.5. The molecule has 1 aliphatic rings. The van der Waals surface area contributed by atoms with E-state index in [-0.39, 0.29) is 24.2 Å². The molecule has 1 fully saturated rings. The Morgan fingerprint density at radius 3 is 2.80 bits per heavy atom. The molecule has 1 atom stereocenters. The van der Waals surface area contributed by atoms with E-state index in [0.717, 1.165) is 30.6 Å². The van der Waals surface area contributed by atoms with Crippen LogP contribution in [0.5, 0.6) is 0 Å². The third-order valence-corrected chi connectivity index (χ3v) is 4.85. The van der Waals surface area contributed by atoms with Crippen molar-refractivity contribution in [3.63, 3.8) is 0 Å². The number of carbonyl (C=O) groups excluding carboxylic acids is 1. The quantitative estimate of drug-likeness (QED) is 0.901. The summed E-state index contributed by atoms with van der Waals surface area (Å²) in [5.41, 5.74) is 4.60. The number of nitrogens with one attached hydrogen (secondary N) is 2. The fourth-order valence-corrected chi connectivity index (χ4v) is 3.60. The number of aryl methyl sites for hydroxylation is 3. The molecule has 2 N–H and O–H groups in total. The molecule has 0 saturated carbocycles. The van der Waals surface area contributed by atoms with Crippen molar-refractivity contribution < 1.29 is 4.79 Å². The summed E-state index contributed by atoms with van der Waals surface area (Å²) in [6, 6.07) is 10.3. The van der Waals surface area contributed by atoms with Gasteiger partial charge >= 0.3 is 6.03 Å². The summed E-state index contributed by atoms with van der Waals surface area (Å²) < 4.78 is 0. The average molecular weight is 339 g/mol. The fraction of sp³-hybridized carbons (Fsp3) is 0.400. The van der Waals surface area contributed by atoms with Crippen LogP contribution in [0.1, 0.15) is 46.8 Å². The molecule has 25 heavy (non-hydrogen) atoms. The molecule has 3 rings (SSSR count). The monoisotopic (exact) mass is 339 g/mol. The molecule has 0 bridgehead atoms. The minimum Gasteiger partial charge on any atom is -0.334 e. The Hall–Kier alpha value is -2.56. The number of aromatic nitrogens is 1. The number of hydrogen-bond acceptors (Lipinski definition) is 2. The van der Waals surface area contributed by atoms with Gasteiger partial charge in [0.2, 0.25) is 0 Å². The third-order valence-electron chi connectivity index (χ3n) is 4.85. The van der Waals surface area contributed by atoms with E-state index in [1.807, 2.05) is 30.9 Å². The predicted octanol–water partition coefficient (Wildman–Crippen LogP) is 3.35. The Kier molecular flexibility index (Phi) is 4.93. The van der Waals surface area contributed by atoms with Gasteiger partial charge in [-0.25, -0.2) is 4.79 Å². The highest BCUT2D eigenvalue weighted by Gasteiger charge is 2.29. The first-order valence-electron chi connectivity index (χ1n) is 8.76. The number of benzene rings is 1. The minimum atomic E-state index is -0.130. The van der Waals surface area contributed by atoms with Gasteiger partial charge in [0.05, 0.1) is 12.6 Å². The van der Waals surface area contributed by atoms with Crippen LogP contribution >= 0.6 is 0 Å². The molecule has 2 aromatic rings. The van der Waals surface area contributed by atoms with Crippen molar-refractivity contribution in [1.82, 2.24) is 15.2 Å². The number of rotatable bonds is 3. The van der Waals surface area contributed by atoms with Crippen LogP contribution in [0.2, 0.25) is 0 Å². The van der Waals surface area contributed by atoms with Gasteiger partial charge in [0, 0.05) is 17.8 Å². The fourth-order valence-electron chi connectivity index (χ4n) is 3.60. The van der Waals surface area contributed by atoms with E-state index in [9.17, 15) is 9.59 Å². The highest BCUT2D eigenvalue weighted by atomic mass is 16.2. The normalized spacial score (nSPS) is 16.9. The summed E-state index contributed by atoms with van der Waals surface area (Å²) in [7, 11) is 0. The standard InChI is InChI=1S/C20H25N3O2/c1-13-6-4-7-16(10-13)18-8-5-9-23(18)20(25)21-12-17-14(2)11-15(3)22-19(17)24/h4,6-7,10-11,18H,5,8-9,12H2,1-3H3,(H,21,25)(H,22,24)/t18-/m1/s1. The number of likely N-dealkylation sites (tertiary alicyclic amines) is 1. The maximum atomic E-state index is 12.7. The van der Waals surface area contributed by atoms with Crippen molar-refractivity contribution >= 4 is 6.03 Å². The van der Waals surface area contributed by atoms with Crippen molar-refractivity contribution in [3.8, 4) is 0 Å². The Bertz CT molecular complexity index is 841. The SMILES string of the molecule is Cc1cccc([C@H]2CCCN2C(=O)NCc2c(C)cc(C)[nH]c2=O)c1. The first kappa shape index (κ1) is 17.3. The second kappa shape index (κ2) is 7.13. The van der Waals surface area contributed by atoms with E-state index in [0.29, 0.717) is 5.56 Å².